The molecule has 0 bridgehead atoms. The minimum absolute atomic E-state index is 0.0746. The predicted octanol–water partition coefficient (Wildman–Crippen LogP) is 5.49. The Kier molecular flexibility index (Phi) is 11.1. The monoisotopic (exact) mass is 700 g/mol. The van der Waals surface area contributed by atoms with Crippen molar-refractivity contribution in [2.75, 3.05) is 0 Å². The number of ether oxygens (including phenoxy) is 5. The van der Waals surface area contributed by atoms with Crippen LogP contribution in [0.25, 0.3) is 0 Å². The maximum absolute atomic E-state index is 13.7. The third kappa shape index (κ3) is 8.23. The van der Waals surface area contributed by atoms with Crippen LogP contribution in [0.15, 0.2) is 152 Å². The van der Waals surface area contributed by atoms with Gasteiger partial charge in [-0.1, -0.05) is 91.0 Å². The lowest BCUT2D eigenvalue weighted by molar-refractivity contribution is -0.223. The molecule has 0 aromatic heterocycles. The molecular weight excluding hydrogens is 668 g/mol. The molecule has 52 heavy (non-hydrogen) atoms. The summed E-state index contributed by atoms with van der Waals surface area (Å²) in [6.07, 6.45) is -11.1. The van der Waals surface area contributed by atoms with E-state index < -0.39 is 66.5 Å². The molecule has 0 radical (unpaired) electrons. The first-order valence-corrected chi connectivity index (χ1v) is 16.3. The van der Waals surface area contributed by atoms with E-state index in [0.29, 0.717) is 0 Å². The Morgan fingerprint density at radius 3 is 0.692 bits per heavy atom. The van der Waals surface area contributed by atoms with E-state index in [9.17, 15) is 29.1 Å². The number of hydrogen-bond acceptors (Lipinski definition) is 11. The van der Waals surface area contributed by atoms with Gasteiger partial charge in [0.15, 0.2) is 30.5 Å². The maximum atomic E-state index is 13.7. The summed E-state index contributed by atoms with van der Waals surface area (Å²) in [5.74, 6) is -4.69. The van der Waals surface area contributed by atoms with Crippen molar-refractivity contribution in [1.29, 1.82) is 0 Å². The molecule has 0 amide bonds. The van der Waals surface area contributed by atoms with Crippen molar-refractivity contribution in [1.82, 2.24) is 0 Å². The maximum Gasteiger partial charge on any atom is 0.338 e. The number of hydrogen-bond donors (Lipinski definition) is 1. The van der Waals surface area contributed by atoms with Gasteiger partial charge in [-0.2, -0.15) is 0 Å². The molecule has 0 aliphatic heterocycles. The van der Waals surface area contributed by atoms with Crippen LogP contribution in [0, 0.1) is 0 Å². The number of rotatable bonds is 10. The van der Waals surface area contributed by atoms with E-state index in [1.165, 1.54) is 60.7 Å². The van der Waals surface area contributed by atoms with Crippen molar-refractivity contribution < 1.29 is 52.8 Å². The predicted molar refractivity (Wildman–Crippen MR) is 184 cm³/mol. The third-order valence-electron chi connectivity index (χ3n) is 8.23. The van der Waals surface area contributed by atoms with Gasteiger partial charge in [0.2, 0.25) is 0 Å². The largest absolute Gasteiger partial charge is 0.452 e. The summed E-state index contributed by atoms with van der Waals surface area (Å²) in [6, 6.07) is 39.0. The first kappa shape index (κ1) is 35.2. The summed E-state index contributed by atoms with van der Waals surface area (Å²) in [5, 5.41) is 12.0. The van der Waals surface area contributed by atoms with E-state index in [2.05, 4.69) is 0 Å². The molecule has 6 rings (SSSR count). The molecule has 1 fully saturated rings. The Balaban J connectivity index is 1.47. The lowest BCUT2D eigenvalue weighted by Gasteiger charge is -2.46. The van der Waals surface area contributed by atoms with Crippen molar-refractivity contribution in [3.63, 3.8) is 0 Å². The fraction of sp³-hybridized carbons (Fsp3) is 0.146. The minimum atomic E-state index is -1.99. The number of carbonyl (C=O) groups is 5. The fourth-order valence-electron chi connectivity index (χ4n) is 5.64. The number of benzene rings is 5. The molecule has 5 aromatic rings. The molecule has 11 nitrogen and oxygen atoms in total. The van der Waals surface area contributed by atoms with E-state index in [0.717, 1.165) is 0 Å². The summed E-state index contributed by atoms with van der Waals surface area (Å²) in [4.78, 5) is 68.1. The molecule has 262 valence electrons. The first-order valence-electron chi connectivity index (χ1n) is 16.3. The van der Waals surface area contributed by atoms with Gasteiger partial charge in [-0.3, -0.25) is 0 Å². The zero-order valence-corrected chi connectivity index (χ0v) is 27.4. The van der Waals surface area contributed by atoms with Crippen molar-refractivity contribution in [2.45, 2.75) is 36.6 Å². The van der Waals surface area contributed by atoms with Gasteiger partial charge in [0, 0.05) is 0 Å². The Morgan fingerprint density at radius 2 is 0.481 bits per heavy atom. The zero-order valence-electron chi connectivity index (χ0n) is 27.4. The van der Waals surface area contributed by atoms with Gasteiger partial charge in [0.25, 0.3) is 0 Å². The van der Waals surface area contributed by atoms with Crippen LogP contribution in [-0.2, 0) is 23.7 Å². The molecule has 0 heterocycles. The molecule has 1 aliphatic rings. The van der Waals surface area contributed by atoms with Crippen molar-refractivity contribution in [3.8, 4) is 0 Å². The Bertz CT molecular complexity index is 1870. The highest BCUT2D eigenvalue weighted by molar-refractivity contribution is 5.92. The standard InChI is InChI=1S/C41H32O11/c42-31-32(48-37(43)26-16-6-1-7-17-26)34(50-39(45)28-20-10-3-11-21-28)36(52-41(47)30-24-14-5-15-25-30)35(51-40(46)29-22-12-4-13-23-29)33(31)49-38(44)27-18-8-2-9-19-27/h1-25,31-36,42H/t31?,32-,33-,34+,35+,36?/m0/s1. The fourth-order valence-corrected chi connectivity index (χ4v) is 5.64. The number of aliphatic hydroxyl groups is 1. The molecule has 5 aromatic carbocycles. The van der Waals surface area contributed by atoms with Crippen molar-refractivity contribution >= 4 is 29.8 Å². The average Bonchev–Trinajstić information content (AvgIpc) is 3.20. The van der Waals surface area contributed by atoms with Crippen LogP contribution in [-0.4, -0.2) is 71.6 Å². The zero-order chi connectivity index (χ0) is 36.5. The summed E-state index contributed by atoms with van der Waals surface area (Å²) in [7, 11) is 0. The molecule has 0 unspecified atom stereocenters. The number of aliphatic hydroxyl groups excluding tert-OH is 1. The van der Waals surface area contributed by atoms with Crippen LogP contribution >= 0.6 is 0 Å². The van der Waals surface area contributed by atoms with E-state index in [-0.39, 0.29) is 27.8 Å². The second kappa shape index (κ2) is 16.4. The molecule has 1 N–H and O–H groups in total. The van der Waals surface area contributed by atoms with Crippen LogP contribution in [0.3, 0.4) is 0 Å². The van der Waals surface area contributed by atoms with Gasteiger partial charge in [-0.15, -0.1) is 0 Å². The van der Waals surface area contributed by atoms with Gasteiger partial charge in [0.05, 0.1) is 27.8 Å². The summed E-state index contributed by atoms with van der Waals surface area (Å²) >= 11 is 0. The minimum Gasteiger partial charge on any atom is -0.452 e. The molecule has 11 heteroatoms. The smallest absolute Gasteiger partial charge is 0.338 e. The summed E-state index contributed by atoms with van der Waals surface area (Å²) in [6.45, 7) is 0. The van der Waals surface area contributed by atoms with E-state index in [1.54, 1.807) is 91.0 Å². The van der Waals surface area contributed by atoms with E-state index in [1.807, 2.05) is 0 Å². The Morgan fingerprint density at radius 1 is 0.308 bits per heavy atom. The van der Waals surface area contributed by atoms with Crippen LogP contribution < -0.4 is 0 Å². The van der Waals surface area contributed by atoms with Gasteiger partial charge < -0.3 is 28.8 Å². The van der Waals surface area contributed by atoms with Crippen LogP contribution in [0.2, 0.25) is 0 Å². The average molecular weight is 701 g/mol. The third-order valence-corrected chi connectivity index (χ3v) is 8.23. The van der Waals surface area contributed by atoms with Crippen molar-refractivity contribution in [3.05, 3.63) is 179 Å². The molecule has 4 atom stereocenters. The highest BCUT2D eigenvalue weighted by Crippen LogP contribution is 2.35. The highest BCUT2D eigenvalue weighted by Gasteiger charge is 2.59. The second-order valence-corrected chi connectivity index (χ2v) is 11.7. The lowest BCUT2D eigenvalue weighted by atomic mass is 9.83. The second-order valence-electron chi connectivity index (χ2n) is 11.7. The van der Waals surface area contributed by atoms with Crippen LogP contribution in [0.4, 0.5) is 0 Å². The number of carbonyl (C=O) groups excluding carboxylic acids is 5. The molecule has 0 saturated heterocycles. The molecule has 0 spiro atoms. The van der Waals surface area contributed by atoms with Gasteiger partial charge in [0.1, 0.15) is 6.10 Å². The quantitative estimate of drug-likeness (QED) is 0.146. The van der Waals surface area contributed by atoms with Gasteiger partial charge in [-0.05, 0) is 60.7 Å². The first-order chi connectivity index (χ1) is 25.3. The molecule has 1 saturated carbocycles. The highest BCUT2D eigenvalue weighted by atomic mass is 16.7. The van der Waals surface area contributed by atoms with Gasteiger partial charge >= 0.3 is 29.8 Å². The lowest BCUT2D eigenvalue weighted by Crippen LogP contribution is -2.68. The van der Waals surface area contributed by atoms with E-state index >= 15 is 0 Å². The topological polar surface area (TPSA) is 152 Å². The SMILES string of the molecule is O=C(OC1[C@H](OC(=O)c2ccccc2)[C@@H](OC(=O)c2ccccc2)C(O)[C@H](OC(=O)c2ccccc2)[C@H]1OC(=O)c1ccccc1)c1ccccc1. The van der Waals surface area contributed by atoms with Gasteiger partial charge in [-0.25, -0.2) is 24.0 Å². The summed E-state index contributed by atoms with van der Waals surface area (Å²) in [5.41, 5.74) is 0.389. The molecule has 1 aliphatic carbocycles. The Hall–Kier alpha value is -6.59. The van der Waals surface area contributed by atoms with Crippen molar-refractivity contribution in [2.24, 2.45) is 0 Å². The van der Waals surface area contributed by atoms with Crippen LogP contribution in [0.5, 0.6) is 0 Å². The molecular formula is C41H32O11. The van der Waals surface area contributed by atoms with E-state index in [4.69, 9.17) is 23.7 Å². The normalized spacial score (nSPS) is 20.8. The summed E-state index contributed by atoms with van der Waals surface area (Å²) < 4.78 is 29.5. The Labute approximate surface area is 298 Å². The number of esters is 5. The van der Waals surface area contributed by atoms with Crippen LogP contribution in [0.1, 0.15) is 51.8 Å².